The highest BCUT2D eigenvalue weighted by Crippen LogP contribution is 2.49. The van der Waals surface area contributed by atoms with Gasteiger partial charge in [0.2, 0.25) is 11.8 Å². The number of hydrogen-bond donors (Lipinski definition) is 1. The van der Waals surface area contributed by atoms with Crippen molar-refractivity contribution in [1.82, 2.24) is 19.8 Å². The van der Waals surface area contributed by atoms with Gasteiger partial charge in [0.05, 0.1) is 20.8 Å². The minimum atomic E-state index is -2.68. The maximum absolute atomic E-state index is 17.3. The van der Waals surface area contributed by atoms with E-state index in [4.69, 9.17) is 27.1 Å². The molecule has 290 valence electrons. The molecule has 2 aromatic heterocycles. The summed E-state index contributed by atoms with van der Waals surface area (Å²) >= 11 is 7.83. The molecule has 4 aromatic rings. The van der Waals surface area contributed by atoms with Crippen LogP contribution in [0.1, 0.15) is 63.4 Å². The number of anilines is 2. The predicted octanol–water partition coefficient (Wildman–Crippen LogP) is 8.11. The number of nitriles is 1. The number of likely N-dealkylation sites (tertiary alicyclic amines) is 1. The van der Waals surface area contributed by atoms with Crippen LogP contribution in [0.15, 0.2) is 18.2 Å². The number of carbonyl (C=O) groups excluding carboxylic acids is 1. The summed E-state index contributed by atoms with van der Waals surface area (Å²) in [5.41, 5.74) is 5.34. The average Bonchev–Trinajstić information content (AvgIpc) is 3.69. The standard InChI is InChI=1S/C39H39ClF5N7O2S/c40-26-11-24-32(31(43)30(26)23-4-5-27(42)33-29(23)25(15-46)34(47)55-33)48-36(54-20-38-7-3-9-52(38)16-22(41)14-38)49-35(24)50-8-2-1-6-37(17-50)18-51(19-37)28(53)10-21-12-39(44,45)13-21/h4-5,11,21-22H,1-3,6-10,12-14,16-20,47H2/t22-,38+/m1/s1. The van der Waals surface area contributed by atoms with Gasteiger partial charge in [-0.2, -0.15) is 15.2 Å². The molecule has 2 N–H and O–H groups in total. The van der Waals surface area contributed by atoms with Crippen molar-refractivity contribution in [1.29, 1.82) is 5.26 Å². The first kappa shape index (κ1) is 36.6. The number of halogens is 6. The van der Waals surface area contributed by atoms with Crippen molar-refractivity contribution >= 4 is 60.7 Å². The van der Waals surface area contributed by atoms with Gasteiger partial charge in [0.15, 0.2) is 5.82 Å². The van der Waals surface area contributed by atoms with E-state index in [1.54, 1.807) is 11.0 Å². The van der Waals surface area contributed by atoms with Crippen molar-refractivity contribution < 1.29 is 31.5 Å². The van der Waals surface area contributed by atoms with Crippen LogP contribution in [0, 0.1) is 34.3 Å². The van der Waals surface area contributed by atoms with Crippen molar-refractivity contribution in [3.05, 3.63) is 40.4 Å². The first-order chi connectivity index (χ1) is 26.3. The molecule has 1 aliphatic carbocycles. The molecule has 9 rings (SSSR count). The Labute approximate surface area is 323 Å². The van der Waals surface area contributed by atoms with Crippen molar-refractivity contribution in [3.8, 4) is 23.2 Å². The number of aromatic nitrogens is 2. The van der Waals surface area contributed by atoms with Crippen LogP contribution in [0.2, 0.25) is 5.02 Å². The van der Waals surface area contributed by atoms with Gasteiger partial charge in [-0.3, -0.25) is 9.69 Å². The van der Waals surface area contributed by atoms with Gasteiger partial charge in [-0.15, -0.1) is 11.3 Å². The van der Waals surface area contributed by atoms with E-state index in [9.17, 15) is 23.2 Å². The lowest BCUT2D eigenvalue weighted by Gasteiger charge is -2.52. The maximum atomic E-state index is 17.3. The molecule has 2 atom stereocenters. The van der Waals surface area contributed by atoms with Gasteiger partial charge >= 0.3 is 6.01 Å². The van der Waals surface area contributed by atoms with Gasteiger partial charge in [-0.1, -0.05) is 24.1 Å². The van der Waals surface area contributed by atoms with Crippen molar-refractivity contribution in [3.63, 3.8) is 0 Å². The number of benzene rings is 2. The lowest BCUT2D eigenvalue weighted by atomic mass is 9.74. The van der Waals surface area contributed by atoms with Crippen LogP contribution < -0.4 is 15.4 Å². The van der Waals surface area contributed by atoms with E-state index in [0.29, 0.717) is 50.3 Å². The molecule has 0 radical (unpaired) electrons. The maximum Gasteiger partial charge on any atom is 0.319 e. The van der Waals surface area contributed by atoms with Gasteiger partial charge in [-0.25, -0.2) is 22.0 Å². The summed E-state index contributed by atoms with van der Waals surface area (Å²) in [6.07, 6.45) is 3.13. The topological polar surface area (TPSA) is 112 Å². The van der Waals surface area contributed by atoms with Crippen LogP contribution in [0.25, 0.3) is 32.1 Å². The first-order valence-electron chi connectivity index (χ1n) is 18.8. The van der Waals surface area contributed by atoms with Crippen molar-refractivity contribution in [2.24, 2.45) is 11.3 Å². The Morgan fingerprint density at radius 2 is 1.89 bits per heavy atom. The van der Waals surface area contributed by atoms with Crippen molar-refractivity contribution in [2.45, 2.75) is 75.4 Å². The fourth-order valence-electron chi connectivity index (χ4n) is 9.92. The Morgan fingerprint density at radius 1 is 1.09 bits per heavy atom. The SMILES string of the molecule is N#Cc1c(N)sc2c(F)ccc(-c3c(Cl)cc4c(N5CCCCC6(CN(C(=O)CC7CC(F)(F)C7)C6)C5)nc(OC[C@@]56CCCN5C[C@H](F)C6)nc4c3F)c12. The Bertz CT molecular complexity index is 2270. The van der Waals surface area contributed by atoms with E-state index < -0.39 is 29.3 Å². The van der Waals surface area contributed by atoms with E-state index in [1.807, 2.05) is 6.07 Å². The average molecular weight is 800 g/mol. The molecule has 1 spiro atoms. The summed E-state index contributed by atoms with van der Waals surface area (Å²) in [5, 5.41) is 10.5. The zero-order valence-electron chi connectivity index (χ0n) is 30.0. The number of nitrogens with zero attached hydrogens (tertiary/aromatic N) is 6. The molecule has 1 saturated carbocycles. The molecule has 0 unspecified atom stereocenters. The van der Waals surface area contributed by atoms with Crippen molar-refractivity contribution in [2.75, 3.05) is 56.5 Å². The third-order valence-corrected chi connectivity index (χ3v) is 13.9. The summed E-state index contributed by atoms with van der Waals surface area (Å²) in [5.74, 6) is -4.11. The molecule has 1 amide bonds. The highest BCUT2D eigenvalue weighted by atomic mass is 35.5. The third-order valence-electron chi connectivity index (χ3n) is 12.5. The van der Waals surface area contributed by atoms with Crippen LogP contribution in [0.4, 0.5) is 32.8 Å². The molecule has 9 nitrogen and oxygen atoms in total. The molecular formula is C39H39ClF5N7O2S. The smallest absolute Gasteiger partial charge is 0.319 e. The summed E-state index contributed by atoms with van der Waals surface area (Å²) in [6.45, 7) is 3.22. The Kier molecular flexibility index (Phi) is 8.86. The highest BCUT2D eigenvalue weighted by molar-refractivity contribution is 7.23. The zero-order valence-corrected chi connectivity index (χ0v) is 31.5. The molecule has 4 aliphatic heterocycles. The van der Waals surface area contributed by atoms with E-state index in [2.05, 4.69) is 14.8 Å². The monoisotopic (exact) mass is 799 g/mol. The van der Waals surface area contributed by atoms with Gasteiger partial charge < -0.3 is 20.3 Å². The lowest BCUT2D eigenvalue weighted by Crippen LogP contribution is -2.62. The van der Waals surface area contributed by atoms with Crippen LogP contribution in [-0.4, -0.2) is 89.2 Å². The number of hydrogen-bond acceptors (Lipinski definition) is 9. The number of rotatable bonds is 7. The molecule has 4 saturated heterocycles. The first-order valence-corrected chi connectivity index (χ1v) is 20.0. The number of thiophene rings is 1. The minimum absolute atomic E-state index is 0.00274. The second kappa shape index (κ2) is 13.3. The molecule has 55 heavy (non-hydrogen) atoms. The second-order valence-corrected chi connectivity index (χ2v) is 17.8. The highest BCUT2D eigenvalue weighted by Gasteiger charge is 2.51. The van der Waals surface area contributed by atoms with E-state index in [1.165, 1.54) is 12.1 Å². The summed E-state index contributed by atoms with van der Waals surface area (Å²) in [6, 6.07) is 6.08. The fraction of sp³-hybridized carbons (Fsp3) is 0.538. The normalized spacial score (nSPS) is 24.9. The van der Waals surface area contributed by atoms with E-state index in [-0.39, 0.29) is 91.4 Å². The largest absolute Gasteiger partial charge is 0.461 e. The number of fused-ring (bicyclic) bond motifs is 3. The Hall–Kier alpha value is -4.00. The molecule has 16 heteroatoms. The predicted molar refractivity (Wildman–Crippen MR) is 200 cm³/mol. The molecule has 6 heterocycles. The minimum Gasteiger partial charge on any atom is -0.461 e. The lowest BCUT2D eigenvalue weighted by molar-refractivity contribution is -0.152. The summed E-state index contributed by atoms with van der Waals surface area (Å²) in [7, 11) is 0. The van der Waals surface area contributed by atoms with E-state index >= 15 is 8.78 Å². The Morgan fingerprint density at radius 3 is 2.65 bits per heavy atom. The number of nitrogens with two attached hydrogens (primary N) is 1. The summed E-state index contributed by atoms with van der Waals surface area (Å²) < 4.78 is 80.2. The van der Waals surface area contributed by atoms with Gasteiger partial charge in [0.25, 0.3) is 0 Å². The Balaban J connectivity index is 1.10. The fourth-order valence-corrected chi connectivity index (χ4v) is 11.2. The van der Waals surface area contributed by atoms with E-state index in [0.717, 1.165) is 50.0 Å². The number of amides is 1. The summed E-state index contributed by atoms with van der Waals surface area (Å²) in [4.78, 5) is 28.5. The molecular weight excluding hydrogens is 761 g/mol. The van der Waals surface area contributed by atoms with Gasteiger partial charge in [0, 0.05) is 80.2 Å². The molecule has 5 aliphatic rings. The second-order valence-electron chi connectivity index (χ2n) is 16.4. The molecule has 0 bridgehead atoms. The third kappa shape index (κ3) is 6.23. The van der Waals surface area contributed by atoms with Crippen LogP contribution in [0.3, 0.4) is 0 Å². The number of alkyl halides is 3. The van der Waals surface area contributed by atoms with Crippen LogP contribution in [0.5, 0.6) is 6.01 Å². The van der Waals surface area contributed by atoms with Crippen LogP contribution >= 0.6 is 22.9 Å². The van der Waals surface area contributed by atoms with Crippen LogP contribution in [-0.2, 0) is 4.79 Å². The number of nitrogen functional groups attached to an aromatic ring is 1. The number of carbonyl (C=O) groups is 1. The quantitative estimate of drug-likeness (QED) is 0.187. The number of ether oxygens (including phenoxy) is 1. The molecule has 5 fully saturated rings. The zero-order chi connectivity index (χ0) is 38.4. The van der Waals surface area contributed by atoms with Gasteiger partial charge in [-0.05, 0) is 55.8 Å². The van der Waals surface area contributed by atoms with Gasteiger partial charge in [0.1, 0.15) is 41.0 Å². The molecule has 2 aromatic carbocycles.